The highest BCUT2D eigenvalue weighted by atomic mass is 16.5. The Morgan fingerprint density at radius 2 is 1.90 bits per heavy atom. The van der Waals surface area contributed by atoms with E-state index in [0.717, 1.165) is 28.8 Å². The molecule has 0 saturated heterocycles. The Labute approximate surface area is 172 Å². The molecule has 1 unspecified atom stereocenters. The fourth-order valence-corrected chi connectivity index (χ4v) is 3.54. The molecular formula is C24H28N2O3. The third kappa shape index (κ3) is 4.39. The van der Waals surface area contributed by atoms with Crippen LogP contribution in [0.4, 0.5) is 5.69 Å². The quantitative estimate of drug-likeness (QED) is 0.694. The van der Waals surface area contributed by atoms with Crippen LogP contribution in [0.2, 0.25) is 0 Å². The van der Waals surface area contributed by atoms with Crippen LogP contribution in [0.15, 0.2) is 53.5 Å². The van der Waals surface area contributed by atoms with E-state index in [-0.39, 0.29) is 25.0 Å². The second-order valence-electron chi connectivity index (χ2n) is 7.42. The molecule has 1 aliphatic heterocycles. The zero-order valence-corrected chi connectivity index (χ0v) is 17.5. The molecular weight excluding hydrogens is 364 g/mol. The number of benzodiazepines with no additional fused rings is 1. The van der Waals surface area contributed by atoms with Crippen molar-refractivity contribution in [3.05, 3.63) is 65.2 Å². The zero-order chi connectivity index (χ0) is 21.0. The fourth-order valence-electron chi connectivity index (χ4n) is 3.54. The van der Waals surface area contributed by atoms with Gasteiger partial charge in [0.05, 0.1) is 18.0 Å². The number of carbonyl (C=O) groups is 2. The molecule has 0 aliphatic carbocycles. The van der Waals surface area contributed by atoms with Crippen LogP contribution in [0.1, 0.15) is 43.9 Å². The van der Waals surface area contributed by atoms with Crippen molar-refractivity contribution in [3.8, 4) is 0 Å². The number of carbonyl (C=O) groups excluding carboxylic acids is 2. The summed E-state index contributed by atoms with van der Waals surface area (Å²) in [7, 11) is 0. The molecule has 0 saturated carbocycles. The molecule has 0 radical (unpaired) electrons. The van der Waals surface area contributed by atoms with Gasteiger partial charge in [0.15, 0.2) is 0 Å². The van der Waals surface area contributed by atoms with Gasteiger partial charge in [-0.25, -0.2) is 0 Å². The Morgan fingerprint density at radius 1 is 1.17 bits per heavy atom. The van der Waals surface area contributed by atoms with Gasteiger partial charge in [-0.05, 0) is 31.9 Å². The predicted molar refractivity (Wildman–Crippen MR) is 115 cm³/mol. The lowest BCUT2D eigenvalue weighted by atomic mass is 9.97. The molecule has 0 N–H and O–H groups in total. The summed E-state index contributed by atoms with van der Waals surface area (Å²) in [5.74, 6) is -0.539. The number of hydrogen-bond donors (Lipinski definition) is 0. The monoisotopic (exact) mass is 392 g/mol. The number of nitrogens with zero attached hydrogens (tertiary/aromatic N) is 2. The van der Waals surface area contributed by atoms with Crippen molar-refractivity contribution in [2.75, 3.05) is 18.1 Å². The molecule has 1 amide bonds. The van der Waals surface area contributed by atoms with Crippen molar-refractivity contribution in [2.45, 2.75) is 40.2 Å². The number of anilines is 1. The number of rotatable bonds is 6. The van der Waals surface area contributed by atoms with Gasteiger partial charge < -0.3 is 4.74 Å². The minimum absolute atomic E-state index is 0.0429. The first-order chi connectivity index (χ1) is 14.0. The van der Waals surface area contributed by atoms with E-state index in [1.807, 2.05) is 69.3 Å². The number of esters is 1. The largest absolute Gasteiger partial charge is 0.465 e. The molecule has 29 heavy (non-hydrogen) atoms. The highest BCUT2D eigenvalue weighted by Gasteiger charge is 2.35. The van der Waals surface area contributed by atoms with Crippen LogP contribution in [0.3, 0.4) is 0 Å². The van der Waals surface area contributed by atoms with E-state index in [0.29, 0.717) is 5.69 Å². The van der Waals surface area contributed by atoms with Crippen LogP contribution in [0.25, 0.3) is 0 Å². The molecule has 1 aliphatic rings. The van der Waals surface area contributed by atoms with Crippen LogP contribution >= 0.6 is 0 Å². The summed E-state index contributed by atoms with van der Waals surface area (Å²) in [4.78, 5) is 32.3. The van der Waals surface area contributed by atoms with Crippen LogP contribution in [-0.4, -0.2) is 36.8 Å². The normalized spacial score (nSPS) is 17.2. The SMILES string of the molecule is CCOC(=O)CN1C(=O)C([C@@H](C)CC)N=C(c2ccccc2)c2cc(C)ccc21. The molecule has 0 spiro atoms. The van der Waals surface area contributed by atoms with Crippen molar-refractivity contribution in [1.29, 1.82) is 0 Å². The topological polar surface area (TPSA) is 59.0 Å². The molecule has 3 rings (SSSR count). The van der Waals surface area contributed by atoms with Crippen molar-refractivity contribution >= 4 is 23.3 Å². The Bertz CT molecular complexity index is 921. The van der Waals surface area contributed by atoms with Gasteiger partial charge in [-0.15, -0.1) is 0 Å². The number of ether oxygens (including phenoxy) is 1. The van der Waals surface area contributed by atoms with Crippen LogP contribution in [-0.2, 0) is 14.3 Å². The van der Waals surface area contributed by atoms with Gasteiger partial charge in [0.25, 0.3) is 5.91 Å². The highest BCUT2D eigenvalue weighted by molar-refractivity contribution is 6.20. The molecule has 152 valence electrons. The molecule has 0 aromatic heterocycles. The van der Waals surface area contributed by atoms with E-state index in [1.165, 1.54) is 0 Å². The van der Waals surface area contributed by atoms with E-state index >= 15 is 0 Å². The summed E-state index contributed by atoms with van der Waals surface area (Å²) in [6.07, 6.45) is 0.810. The maximum Gasteiger partial charge on any atom is 0.326 e. The van der Waals surface area contributed by atoms with Gasteiger partial charge in [0.2, 0.25) is 0 Å². The molecule has 1 heterocycles. The molecule has 2 atom stereocenters. The molecule has 2 aromatic carbocycles. The molecule has 0 bridgehead atoms. The molecule has 0 fully saturated rings. The molecule has 2 aromatic rings. The Hall–Kier alpha value is -2.95. The summed E-state index contributed by atoms with van der Waals surface area (Å²) >= 11 is 0. The third-order valence-electron chi connectivity index (χ3n) is 5.31. The van der Waals surface area contributed by atoms with Crippen molar-refractivity contribution in [2.24, 2.45) is 10.9 Å². The summed E-state index contributed by atoms with van der Waals surface area (Å²) in [5, 5.41) is 0. The summed E-state index contributed by atoms with van der Waals surface area (Å²) in [6, 6.07) is 15.2. The van der Waals surface area contributed by atoms with E-state index in [1.54, 1.807) is 11.8 Å². The first-order valence-electron chi connectivity index (χ1n) is 10.2. The summed E-state index contributed by atoms with van der Waals surface area (Å²) in [6.45, 7) is 8.01. The highest BCUT2D eigenvalue weighted by Crippen LogP contribution is 2.31. The van der Waals surface area contributed by atoms with Gasteiger partial charge in [-0.3, -0.25) is 19.5 Å². The fraction of sp³-hybridized carbons (Fsp3) is 0.375. The molecule has 5 heteroatoms. The second-order valence-corrected chi connectivity index (χ2v) is 7.42. The number of aryl methyl sites for hydroxylation is 1. The lowest BCUT2D eigenvalue weighted by Crippen LogP contribution is -2.43. The number of amides is 1. The lowest BCUT2D eigenvalue weighted by Gasteiger charge is -2.26. The van der Waals surface area contributed by atoms with Crippen molar-refractivity contribution < 1.29 is 14.3 Å². The maximum atomic E-state index is 13.5. The standard InChI is InChI=1S/C24H28N2O3/c1-5-17(4)22-24(28)26(15-21(27)29-6-2)20-13-12-16(3)14-19(20)23(25-22)18-10-8-7-9-11-18/h7-14,17,22H,5-6,15H2,1-4H3/t17-,22?/m0/s1. The van der Waals surface area contributed by atoms with Crippen molar-refractivity contribution in [1.82, 2.24) is 0 Å². The smallest absolute Gasteiger partial charge is 0.326 e. The van der Waals surface area contributed by atoms with Gasteiger partial charge in [0, 0.05) is 11.1 Å². The van der Waals surface area contributed by atoms with Crippen LogP contribution in [0.5, 0.6) is 0 Å². The summed E-state index contributed by atoms with van der Waals surface area (Å²) in [5.41, 5.74) is 4.37. The van der Waals surface area contributed by atoms with E-state index in [4.69, 9.17) is 9.73 Å². The van der Waals surface area contributed by atoms with Gasteiger partial charge in [-0.1, -0.05) is 62.2 Å². The third-order valence-corrected chi connectivity index (χ3v) is 5.31. The Kier molecular flexibility index (Phi) is 6.47. The van der Waals surface area contributed by atoms with Crippen LogP contribution < -0.4 is 4.90 Å². The first-order valence-corrected chi connectivity index (χ1v) is 10.2. The molecule has 5 nitrogen and oxygen atoms in total. The van der Waals surface area contributed by atoms with E-state index < -0.39 is 12.0 Å². The first kappa shape index (κ1) is 20.8. The minimum atomic E-state index is -0.558. The minimum Gasteiger partial charge on any atom is -0.465 e. The average Bonchev–Trinajstić information content (AvgIpc) is 2.83. The lowest BCUT2D eigenvalue weighted by molar-refractivity contribution is -0.142. The number of benzene rings is 2. The number of fused-ring (bicyclic) bond motifs is 1. The Balaban J connectivity index is 2.21. The van der Waals surface area contributed by atoms with E-state index in [9.17, 15) is 9.59 Å². The van der Waals surface area contributed by atoms with Crippen LogP contribution in [0, 0.1) is 12.8 Å². The van der Waals surface area contributed by atoms with Crippen molar-refractivity contribution in [3.63, 3.8) is 0 Å². The predicted octanol–water partition coefficient (Wildman–Crippen LogP) is 4.16. The second kappa shape index (κ2) is 9.03. The average molecular weight is 392 g/mol. The Morgan fingerprint density at radius 3 is 2.55 bits per heavy atom. The number of hydrogen-bond acceptors (Lipinski definition) is 4. The zero-order valence-electron chi connectivity index (χ0n) is 17.5. The van der Waals surface area contributed by atoms with Gasteiger partial charge in [-0.2, -0.15) is 0 Å². The summed E-state index contributed by atoms with van der Waals surface area (Å²) < 4.78 is 5.14. The number of aliphatic imine (C=N–C) groups is 1. The van der Waals surface area contributed by atoms with E-state index in [2.05, 4.69) is 0 Å². The maximum absolute atomic E-state index is 13.5. The van der Waals surface area contributed by atoms with Gasteiger partial charge in [0.1, 0.15) is 12.6 Å². The van der Waals surface area contributed by atoms with Gasteiger partial charge >= 0.3 is 5.97 Å².